The Labute approximate surface area is 259 Å². The van der Waals surface area contributed by atoms with Crippen molar-refractivity contribution in [3.8, 4) is 22.6 Å². The highest BCUT2D eigenvalue weighted by Gasteiger charge is 2.16. The molecule has 8 heteroatoms. The number of methoxy groups -OCH3 is 2. The fourth-order valence-corrected chi connectivity index (χ4v) is 5.94. The summed E-state index contributed by atoms with van der Waals surface area (Å²) in [6.07, 6.45) is 3.85. The Hall–Kier alpha value is -3.69. The van der Waals surface area contributed by atoms with Crippen molar-refractivity contribution < 1.29 is 24.1 Å². The monoisotopic (exact) mass is 600 g/mol. The Morgan fingerprint density at radius 1 is 0.909 bits per heavy atom. The van der Waals surface area contributed by atoms with Crippen LogP contribution in [0.4, 0.5) is 0 Å². The summed E-state index contributed by atoms with van der Waals surface area (Å²) in [6.45, 7) is 4.69. The summed E-state index contributed by atoms with van der Waals surface area (Å²) in [5, 5.41) is 14.1. The van der Waals surface area contributed by atoms with Gasteiger partial charge < -0.3 is 33.9 Å². The summed E-state index contributed by atoms with van der Waals surface area (Å²) in [6, 6.07) is 21.9. The molecule has 2 N–H and O–H groups in total. The number of nitrogens with zero attached hydrogens (tertiary/aromatic N) is 1. The van der Waals surface area contributed by atoms with Gasteiger partial charge in [-0.3, -0.25) is 4.79 Å². The molecule has 1 aliphatic rings. The van der Waals surface area contributed by atoms with E-state index in [0.717, 1.165) is 64.2 Å². The number of benzene rings is 3. The lowest BCUT2D eigenvalue weighted by Crippen LogP contribution is -2.26. The third-order valence-electron chi connectivity index (χ3n) is 8.33. The van der Waals surface area contributed by atoms with Crippen LogP contribution in [-0.2, 0) is 29.2 Å². The molecule has 1 aliphatic heterocycles. The quantitative estimate of drug-likeness (QED) is 0.170. The van der Waals surface area contributed by atoms with Crippen LogP contribution in [0, 0.1) is 0 Å². The van der Waals surface area contributed by atoms with E-state index in [2.05, 4.69) is 29.6 Å². The van der Waals surface area contributed by atoms with E-state index < -0.39 is 0 Å². The van der Waals surface area contributed by atoms with Crippen molar-refractivity contribution >= 4 is 10.9 Å². The van der Waals surface area contributed by atoms with E-state index in [-0.39, 0.29) is 12.2 Å². The molecule has 2 heterocycles. The molecule has 0 radical (unpaired) electrons. The highest BCUT2D eigenvalue weighted by atomic mass is 16.5. The van der Waals surface area contributed by atoms with E-state index >= 15 is 0 Å². The minimum Gasteiger partial charge on any atom is -0.496 e. The summed E-state index contributed by atoms with van der Waals surface area (Å²) in [7, 11) is 3.30. The third kappa shape index (κ3) is 7.87. The Balaban J connectivity index is 1.23. The van der Waals surface area contributed by atoms with Crippen LogP contribution in [0.15, 0.2) is 71.5 Å². The van der Waals surface area contributed by atoms with E-state index in [1.165, 1.54) is 18.4 Å². The molecule has 8 nitrogen and oxygen atoms in total. The van der Waals surface area contributed by atoms with Crippen molar-refractivity contribution in [2.24, 2.45) is 0 Å². The highest BCUT2D eigenvalue weighted by Crippen LogP contribution is 2.32. The van der Waals surface area contributed by atoms with Crippen molar-refractivity contribution in [3.63, 3.8) is 0 Å². The lowest BCUT2D eigenvalue weighted by molar-refractivity contribution is 0.105. The predicted octanol–water partition coefficient (Wildman–Crippen LogP) is 5.66. The maximum atomic E-state index is 13.3. The summed E-state index contributed by atoms with van der Waals surface area (Å²) < 4.78 is 24.6. The third-order valence-corrected chi connectivity index (χ3v) is 8.33. The zero-order valence-corrected chi connectivity index (χ0v) is 25.8. The van der Waals surface area contributed by atoms with Crippen molar-refractivity contribution in [1.82, 2.24) is 9.88 Å². The molecule has 0 saturated carbocycles. The van der Waals surface area contributed by atoms with Crippen LogP contribution in [0.1, 0.15) is 48.3 Å². The van der Waals surface area contributed by atoms with Crippen molar-refractivity contribution in [2.75, 3.05) is 47.1 Å². The number of aliphatic hydroxyl groups is 1. The average molecular weight is 601 g/mol. The van der Waals surface area contributed by atoms with E-state index in [1.54, 1.807) is 24.9 Å². The number of aryl methyl sites for hydroxylation is 1. The number of aromatic nitrogens is 1. The zero-order chi connectivity index (χ0) is 30.7. The summed E-state index contributed by atoms with van der Waals surface area (Å²) in [4.78, 5) is 13.3. The van der Waals surface area contributed by atoms with Crippen LogP contribution < -0.4 is 20.3 Å². The SMILES string of the molecule is COCCCn1c(=O)cc(-c2ccc(OC)c(COCCCOc3ccc(C4CCNCC4)cc3)c2)c2ccc(CO)cc21. The van der Waals surface area contributed by atoms with Gasteiger partial charge in [0.1, 0.15) is 11.5 Å². The average Bonchev–Trinajstić information content (AvgIpc) is 3.07. The van der Waals surface area contributed by atoms with E-state index in [0.29, 0.717) is 45.3 Å². The molecule has 1 fully saturated rings. The Kier molecular flexibility index (Phi) is 11.4. The van der Waals surface area contributed by atoms with Crippen LogP contribution in [0.5, 0.6) is 11.5 Å². The van der Waals surface area contributed by atoms with Crippen LogP contribution in [-0.4, -0.2) is 56.8 Å². The lowest BCUT2D eigenvalue weighted by Gasteiger charge is -2.23. The molecule has 0 amide bonds. The summed E-state index contributed by atoms with van der Waals surface area (Å²) in [5.74, 6) is 2.26. The number of ether oxygens (including phenoxy) is 4. The Morgan fingerprint density at radius 2 is 1.73 bits per heavy atom. The van der Waals surface area contributed by atoms with Crippen LogP contribution in [0.3, 0.4) is 0 Å². The molecule has 3 aromatic carbocycles. The number of fused-ring (bicyclic) bond motifs is 1. The van der Waals surface area contributed by atoms with Gasteiger partial charge in [0, 0.05) is 43.7 Å². The van der Waals surface area contributed by atoms with Gasteiger partial charge in [-0.2, -0.15) is 0 Å². The molecular formula is C36H44N2O6. The number of hydrogen-bond donors (Lipinski definition) is 2. The van der Waals surface area contributed by atoms with Crippen LogP contribution in [0.25, 0.3) is 22.0 Å². The van der Waals surface area contributed by atoms with Crippen LogP contribution in [0.2, 0.25) is 0 Å². The Morgan fingerprint density at radius 3 is 2.48 bits per heavy atom. The molecule has 0 aliphatic carbocycles. The second-order valence-electron chi connectivity index (χ2n) is 11.3. The number of aliphatic hydroxyl groups excluding tert-OH is 1. The first-order valence-corrected chi connectivity index (χ1v) is 15.6. The standard InChI is InChI=1S/C36H44N2O6/c1-41-18-3-17-38-34-21-26(24-39)5-11-32(34)33(23-36(38)40)29-8-12-35(42-2)30(22-29)25-43-19-4-20-44-31-9-6-27(7-10-31)28-13-15-37-16-14-28/h5-12,21-23,28,37,39H,3-4,13-20,24-25H2,1-2H3. The van der Waals surface area contributed by atoms with Gasteiger partial charge in [0.05, 0.1) is 39.1 Å². The smallest absolute Gasteiger partial charge is 0.251 e. The van der Waals surface area contributed by atoms with E-state index in [9.17, 15) is 9.90 Å². The molecule has 1 aromatic heterocycles. The Bertz CT molecular complexity index is 1560. The van der Waals surface area contributed by atoms with E-state index in [4.69, 9.17) is 18.9 Å². The largest absolute Gasteiger partial charge is 0.496 e. The van der Waals surface area contributed by atoms with Gasteiger partial charge in [0.2, 0.25) is 0 Å². The molecule has 0 unspecified atom stereocenters. The van der Waals surface area contributed by atoms with Gasteiger partial charge in [-0.05, 0) is 90.9 Å². The van der Waals surface area contributed by atoms with Crippen molar-refractivity contribution in [2.45, 2.75) is 51.4 Å². The highest BCUT2D eigenvalue weighted by molar-refractivity contribution is 5.95. The number of rotatable bonds is 15. The minimum atomic E-state index is -0.0910. The van der Waals surface area contributed by atoms with Gasteiger partial charge in [0.15, 0.2) is 0 Å². The molecule has 4 aromatic rings. The topological polar surface area (TPSA) is 91.2 Å². The number of piperidine rings is 1. The van der Waals surface area contributed by atoms with Crippen LogP contribution >= 0.6 is 0 Å². The number of nitrogens with one attached hydrogen (secondary N) is 1. The fourth-order valence-electron chi connectivity index (χ4n) is 5.94. The first-order valence-electron chi connectivity index (χ1n) is 15.6. The predicted molar refractivity (Wildman–Crippen MR) is 174 cm³/mol. The summed E-state index contributed by atoms with van der Waals surface area (Å²) in [5.41, 5.74) is 5.51. The van der Waals surface area contributed by atoms with Gasteiger partial charge in [-0.15, -0.1) is 0 Å². The first kappa shape index (κ1) is 31.7. The van der Waals surface area contributed by atoms with Gasteiger partial charge in [-0.1, -0.05) is 30.3 Å². The zero-order valence-electron chi connectivity index (χ0n) is 25.8. The maximum absolute atomic E-state index is 13.3. The molecule has 44 heavy (non-hydrogen) atoms. The van der Waals surface area contributed by atoms with Crippen molar-refractivity contribution in [1.29, 1.82) is 0 Å². The molecule has 0 atom stereocenters. The minimum absolute atomic E-state index is 0.0896. The summed E-state index contributed by atoms with van der Waals surface area (Å²) >= 11 is 0. The number of hydrogen-bond acceptors (Lipinski definition) is 7. The molecule has 234 valence electrons. The molecule has 5 rings (SSSR count). The maximum Gasteiger partial charge on any atom is 0.251 e. The van der Waals surface area contributed by atoms with Crippen molar-refractivity contribution in [3.05, 3.63) is 93.8 Å². The van der Waals surface area contributed by atoms with Gasteiger partial charge in [0.25, 0.3) is 5.56 Å². The fraction of sp³-hybridized carbons (Fsp3) is 0.417. The molecule has 1 saturated heterocycles. The first-order chi connectivity index (χ1) is 21.6. The molecular weight excluding hydrogens is 556 g/mol. The number of pyridine rings is 1. The molecule has 0 bridgehead atoms. The van der Waals surface area contributed by atoms with E-state index in [1.807, 2.05) is 36.4 Å². The second-order valence-corrected chi connectivity index (χ2v) is 11.3. The lowest BCUT2D eigenvalue weighted by atomic mass is 9.90. The normalized spacial score (nSPS) is 13.8. The molecule has 0 spiro atoms. The van der Waals surface area contributed by atoms with Gasteiger partial charge >= 0.3 is 0 Å². The van der Waals surface area contributed by atoms with Gasteiger partial charge in [-0.25, -0.2) is 0 Å². The second kappa shape index (κ2) is 15.9.